The summed E-state index contributed by atoms with van der Waals surface area (Å²) in [7, 11) is 5.95. The average molecular weight is 459 g/mol. The fraction of sp³-hybridized carbons (Fsp3) is 0.462. The van der Waals surface area contributed by atoms with Crippen LogP contribution in [0, 0.1) is 5.92 Å². The Kier molecular flexibility index (Phi) is 10.0. The Labute approximate surface area is 195 Å². The van der Waals surface area contributed by atoms with E-state index >= 15 is 0 Å². The first-order valence-corrected chi connectivity index (χ1v) is 11.0. The number of carbonyl (C=O) groups excluding carboxylic acids is 2. The molecule has 0 heterocycles. The predicted molar refractivity (Wildman–Crippen MR) is 126 cm³/mol. The van der Waals surface area contributed by atoms with Crippen LogP contribution in [-0.2, 0) is 22.4 Å². The maximum absolute atomic E-state index is 13.4. The lowest BCUT2D eigenvalue weighted by Gasteiger charge is -2.21. The minimum atomic E-state index is -0.539. The highest BCUT2D eigenvalue weighted by Crippen LogP contribution is 2.41. The molecule has 0 radical (unpaired) electrons. The number of Topliss-reactive ketones (excluding diaryl/α,β-unsaturated/α-hetero) is 1. The fourth-order valence-electron chi connectivity index (χ4n) is 3.45. The molecule has 0 aliphatic rings. The van der Waals surface area contributed by atoms with Gasteiger partial charge in [0.2, 0.25) is 0 Å². The van der Waals surface area contributed by atoms with Crippen LogP contribution in [-0.4, -0.2) is 46.8 Å². The van der Waals surface area contributed by atoms with Crippen molar-refractivity contribution in [3.8, 4) is 23.0 Å². The van der Waals surface area contributed by atoms with E-state index in [2.05, 4.69) is 13.8 Å². The highest BCUT2D eigenvalue weighted by Gasteiger charge is 2.26. The molecule has 2 aromatic rings. The van der Waals surface area contributed by atoms with Gasteiger partial charge >= 0.3 is 5.97 Å². The smallest absolute Gasteiger partial charge is 0.343 e. The number of benzene rings is 2. The van der Waals surface area contributed by atoms with Gasteiger partial charge in [-0.15, -0.1) is 0 Å². The van der Waals surface area contributed by atoms with Crippen LogP contribution >= 0.6 is 0 Å². The van der Waals surface area contributed by atoms with E-state index in [9.17, 15) is 9.59 Å². The lowest BCUT2D eigenvalue weighted by molar-refractivity contribution is -0.142. The molecule has 0 amide bonds. The Bertz CT molecular complexity index is 933. The number of ether oxygens (including phenoxy) is 5. The van der Waals surface area contributed by atoms with E-state index in [1.807, 2.05) is 24.3 Å². The first kappa shape index (κ1) is 26.0. The second kappa shape index (κ2) is 12.7. The number of esters is 1. The topological polar surface area (TPSA) is 80.3 Å². The Hall–Kier alpha value is -3.22. The molecule has 0 bridgehead atoms. The molecule has 2 rings (SSSR count). The normalized spacial score (nSPS) is 10.6. The zero-order valence-electron chi connectivity index (χ0n) is 20.4. The lowest BCUT2D eigenvalue weighted by atomic mass is 9.94. The van der Waals surface area contributed by atoms with Gasteiger partial charge in [0.15, 0.2) is 12.4 Å². The van der Waals surface area contributed by atoms with Gasteiger partial charge in [0.25, 0.3) is 0 Å². The van der Waals surface area contributed by atoms with Crippen molar-refractivity contribution in [1.82, 2.24) is 0 Å². The average Bonchev–Trinajstić information content (AvgIpc) is 2.83. The SMILES string of the molecule is COC(=O)COc1c(CCC(C)C)c(OC)cc(OC)c1C(=O)CCc1ccc(OC)cc1. The van der Waals surface area contributed by atoms with Crippen LogP contribution in [0.25, 0.3) is 0 Å². The van der Waals surface area contributed by atoms with Crippen LogP contribution in [0.2, 0.25) is 0 Å². The third-order valence-corrected chi connectivity index (χ3v) is 5.36. The standard InChI is InChI=1S/C26H34O7/c1-17(2)7-13-20-22(30-4)15-23(31-5)25(26(20)33-16-24(28)32-6)21(27)14-10-18-8-11-19(29-3)12-9-18/h8-9,11-12,15,17H,7,10,13-14,16H2,1-6H3. The third-order valence-electron chi connectivity index (χ3n) is 5.36. The Morgan fingerprint density at radius 3 is 2.09 bits per heavy atom. The van der Waals surface area contributed by atoms with Crippen molar-refractivity contribution in [3.63, 3.8) is 0 Å². The molecule has 0 fully saturated rings. The molecule has 7 heteroatoms. The summed E-state index contributed by atoms with van der Waals surface area (Å²) in [4.78, 5) is 25.2. The molecule has 33 heavy (non-hydrogen) atoms. The minimum absolute atomic E-state index is 0.143. The molecular weight excluding hydrogens is 424 g/mol. The molecule has 0 saturated heterocycles. The van der Waals surface area contributed by atoms with Gasteiger partial charge in [-0.25, -0.2) is 4.79 Å². The van der Waals surface area contributed by atoms with Crippen LogP contribution in [0.4, 0.5) is 0 Å². The number of carbonyl (C=O) groups is 2. The van der Waals surface area contributed by atoms with Crippen LogP contribution in [0.3, 0.4) is 0 Å². The van der Waals surface area contributed by atoms with E-state index in [0.717, 1.165) is 23.3 Å². The molecule has 0 aromatic heterocycles. The van der Waals surface area contributed by atoms with Crippen molar-refractivity contribution in [2.45, 2.75) is 39.5 Å². The first-order valence-electron chi connectivity index (χ1n) is 11.0. The van der Waals surface area contributed by atoms with E-state index in [4.69, 9.17) is 23.7 Å². The van der Waals surface area contributed by atoms with Crippen LogP contribution in [0.5, 0.6) is 23.0 Å². The van der Waals surface area contributed by atoms with E-state index in [1.165, 1.54) is 14.2 Å². The number of ketones is 1. The van der Waals surface area contributed by atoms with Gasteiger partial charge in [0.1, 0.15) is 28.6 Å². The van der Waals surface area contributed by atoms with Gasteiger partial charge in [-0.1, -0.05) is 26.0 Å². The quantitative estimate of drug-likeness (QED) is 0.319. The lowest BCUT2D eigenvalue weighted by Crippen LogP contribution is -2.17. The summed E-state index contributed by atoms with van der Waals surface area (Å²) in [5.41, 5.74) is 2.06. The zero-order chi connectivity index (χ0) is 24.4. The fourth-order valence-corrected chi connectivity index (χ4v) is 3.45. The highest BCUT2D eigenvalue weighted by molar-refractivity contribution is 6.02. The first-order chi connectivity index (χ1) is 15.8. The molecule has 180 valence electrons. The van der Waals surface area contributed by atoms with Gasteiger partial charge in [-0.05, 0) is 42.9 Å². The Morgan fingerprint density at radius 1 is 0.879 bits per heavy atom. The summed E-state index contributed by atoms with van der Waals surface area (Å²) in [6.45, 7) is 3.91. The van der Waals surface area contributed by atoms with Crippen molar-refractivity contribution >= 4 is 11.8 Å². The summed E-state index contributed by atoms with van der Waals surface area (Å²) >= 11 is 0. The highest BCUT2D eigenvalue weighted by atomic mass is 16.6. The molecule has 0 N–H and O–H groups in total. The van der Waals surface area contributed by atoms with E-state index in [1.54, 1.807) is 20.3 Å². The Balaban J connectivity index is 2.44. The van der Waals surface area contributed by atoms with Gasteiger partial charge in [0, 0.05) is 18.1 Å². The van der Waals surface area contributed by atoms with Crippen molar-refractivity contribution in [3.05, 3.63) is 47.0 Å². The van der Waals surface area contributed by atoms with E-state index in [0.29, 0.717) is 41.6 Å². The van der Waals surface area contributed by atoms with Crippen LogP contribution in [0.1, 0.15) is 48.2 Å². The summed E-state index contributed by atoms with van der Waals surface area (Å²) in [5.74, 6) is 1.73. The minimum Gasteiger partial charge on any atom is -0.497 e. The molecule has 0 aliphatic carbocycles. The molecule has 2 aromatic carbocycles. The van der Waals surface area contributed by atoms with Crippen LogP contribution < -0.4 is 18.9 Å². The molecule has 0 spiro atoms. The van der Waals surface area contributed by atoms with Gasteiger partial charge in [0.05, 0.1) is 28.4 Å². The summed E-state index contributed by atoms with van der Waals surface area (Å²) in [6, 6.07) is 9.30. The van der Waals surface area contributed by atoms with E-state index < -0.39 is 5.97 Å². The maximum atomic E-state index is 13.4. The maximum Gasteiger partial charge on any atom is 0.343 e. The van der Waals surface area contributed by atoms with E-state index in [-0.39, 0.29) is 18.8 Å². The second-order valence-electron chi connectivity index (χ2n) is 8.03. The number of methoxy groups -OCH3 is 4. The molecule has 0 atom stereocenters. The summed E-state index contributed by atoms with van der Waals surface area (Å²) in [6.07, 6.45) is 2.26. The van der Waals surface area contributed by atoms with Gasteiger partial charge in [-0.2, -0.15) is 0 Å². The Morgan fingerprint density at radius 2 is 1.55 bits per heavy atom. The number of hydrogen-bond donors (Lipinski definition) is 0. The number of hydrogen-bond acceptors (Lipinski definition) is 7. The van der Waals surface area contributed by atoms with Crippen molar-refractivity contribution in [2.75, 3.05) is 35.0 Å². The summed E-state index contributed by atoms with van der Waals surface area (Å²) in [5, 5.41) is 0. The van der Waals surface area contributed by atoms with Gasteiger partial charge in [-0.3, -0.25) is 4.79 Å². The molecule has 0 aliphatic heterocycles. The second-order valence-corrected chi connectivity index (χ2v) is 8.03. The molecule has 0 saturated carbocycles. The molecule has 7 nitrogen and oxygen atoms in total. The molecular formula is C26H34O7. The van der Waals surface area contributed by atoms with Gasteiger partial charge < -0.3 is 23.7 Å². The monoisotopic (exact) mass is 458 g/mol. The van der Waals surface area contributed by atoms with Crippen molar-refractivity contribution in [1.29, 1.82) is 0 Å². The van der Waals surface area contributed by atoms with Crippen molar-refractivity contribution in [2.24, 2.45) is 5.92 Å². The third kappa shape index (κ3) is 7.14. The number of rotatable bonds is 13. The summed E-state index contributed by atoms with van der Waals surface area (Å²) < 4.78 is 26.9. The molecule has 0 unspecified atom stereocenters. The van der Waals surface area contributed by atoms with Crippen LogP contribution in [0.15, 0.2) is 30.3 Å². The predicted octanol–water partition coefficient (Wildman–Crippen LogP) is 4.67. The zero-order valence-corrected chi connectivity index (χ0v) is 20.4. The largest absolute Gasteiger partial charge is 0.497 e. The number of aryl methyl sites for hydroxylation is 1. The van der Waals surface area contributed by atoms with Crippen molar-refractivity contribution < 1.29 is 33.3 Å².